The van der Waals surface area contributed by atoms with Crippen LogP contribution in [0.3, 0.4) is 0 Å². The van der Waals surface area contributed by atoms with Gasteiger partial charge in [-0.15, -0.1) is 0 Å². The molecule has 2 aliphatic carbocycles. The van der Waals surface area contributed by atoms with Crippen molar-refractivity contribution in [2.24, 2.45) is 33.6 Å². The Labute approximate surface area is 303 Å². The van der Waals surface area contributed by atoms with Gasteiger partial charge in [-0.05, 0) is 69.9 Å². The minimum absolute atomic E-state index is 0.0782. The Morgan fingerprint density at radius 3 is 1.88 bits per heavy atom. The number of fused-ring (bicyclic) bond motifs is 1. The highest BCUT2D eigenvalue weighted by Crippen LogP contribution is 2.85. The van der Waals surface area contributed by atoms with Gasteiger partial charge in [-0.1, -0.05) is 93.8 Å². The van der Waals surface area contributed by atoms with Crippen LogP contribution < -0.4 is 22.1 Å². The zero-order chi connectivity index (χ0) is 37.1. The van der Waals surface area contributed by atoms with E-state index in [1.165, 1.54) is 11.1 Å². The largest absolute Gasteiger partial charge is 0.363 e. The monoisotopic (exact) mass is 698 g/mol. The molecule has 3 unspecified atom stereocenters. The van der Waals surface area contributed by atoms with Gasteiger partial charge in [-0.3, -0.25) is 24.1 Å². The van der Waals surface area contributed by atoms with Gasteiger partial charge in [0.25, 0.3) is 5.91 Å². The Morgan fingerprint density at radius 2 is 1.41 bits per heavy atom. The summed E-state index contributed by atoms with van der Waals surface area (Å²) in [7, 11) is 0. The molecule has 2 saturated carbocycles. The molecule has 0 radical (unpaired) electrons. The predicted octanol–water partition coefficient (Wildman–Crippen LogP) is 3.93. The predicted molar refractivity (Wildman–Crippen MR) is 198 cm³/mol. The molecule has 4 fully saturated rings. The molecule has 0 aromatic heterocycles. The highest BCUT2D eigenvalue weighted by molar-refractivity contribution is 6.37. The molecule has 51 heavy (non-hydrogen) atoms. The second kappa shape index (κ2) is 13.1. The fourth-order valence-corrected chi connectivity index (χ4v) is 10.1. The maximum absolute atomic E-state index is 14.6. The third kappa shape index (κ3) is 6.42. The summed E-state index contributed by atoms with van der Waals surface area (Å²) in [6.07, 6.45) is 3.77. The van der Waals surface area contributed by atoms with Gasteiger partial charge in [0.15, 0.2) is 0 Å². The van der Waals surface area contributed by atoms with Crippen molar-refractivity contribution < 1.29 is 19.2 Å². The SMILES string of the molecule is CC(C)(C)NC(C)(C)C(N)C(=O)N1C[C@]2(CC1C(=O)NC(CC1CCC1)C(=O)C(N)=O)C(C)(C)C21CN(C(c2ccccc2)c2ccccc2)C1. The summed E-state index contributed by atoms with van der Waals surface area (Å²) in [5.74, 6) is -2.33. The topological polar surface area (TPSA) is 151 Å². The molecule has 2 heterocycles. The molecule has 4 aliphatic rings. The molecule has 0 bridgehead atoms. The number of carbonyl (C=O) groups excluding carboxylic acids is 4. The fourth-order valence-electron chi connectivity index (χ4n) is 10.1. The Bertz CT molecular complexity index is 1600. The van der Waals surface area contributed by atoms with E-state index in [4.69, 9.17) is 11.5 Å². The summed E-state index contributed by atoms with van der Waals surface area (Å²) in [5.41, 5.74) is 13.0. The van der Waals surface area contributed by atoms with Crippen LogP contribution in [0.2, 0.25) is 0 Å². The van der Waals surface area contributed by atoms with Crippen molar-refractivity contribution in [3.63, 3.8) is 0 Å². The van der Waals surface area contributed by atoms with Gasteiger partial charge >= 0.3 is 0 Å². The average molecular weight is 699 g/mol. The molecule has 4 atom stereocenters. The van der Waals surface area contributed by atoms with Crippen molar-refractivity contribution in [1.29, 1.82) is 0 Å². The lowest BCUT2D eigenvalue weighted by Crippen LogP contribution is -2.66. The fraction of sp³-hybridized carbons (Fsp3) is 0.610. The van der Waals surface area contributed by atoms with E-state index < -0.39 is 41.3 Å². The Balaban J connectivity index is 1.30. The molecule has 2 aliphatic heterocycles. The standard InChI is InChI=1S/C41H58N6O4/c1-37(2,3)45-38(4,5)33(42)36(51)47-25-40(22-30(47)35(50)44-29(32(48)34(43)49)21-26-15-14-16-26)39(6,7)41(40)23-46(24-41)31(27-17-10-8-11-18-27)28-19-12-9-13-20-28/h8-13,17-20,26,29-31,33,45H,14-16,21-25,42H2,1-7H3,(H2,43,49)(H,44,50)/t29?,30?,33?,40-/m1/s1. The summed E-state index contributed by atoms with van der Waals surface area (Å²) in [5, 5.41) is 6.42. The summed E-state index contributed by atoms with van der Waals surface area (Å²) < 4.78 is 0. The van der Waals surface area contributed by atoms with Crippen LogP contribution in [0.1, 0.15) is 97.7 Å². The zero-order valence-electron chi connectivity index (χ0n) is 31.5. The molecular weight excluding hydrogens is 640 g/mol. The van der Waals surface area contributed by atoms with Crippen molar-refractivity contribution in [1.82, 2.24) is 20.4 Å². The molecule has 10 nitrogen and oxygen atoms in total. The Hall–Kier alpha value is -3.60. The number of likely N-dealkylation sites (tertiary alicyclic amines) is 2. The minimum atomic E-state index is -1.06. The minimum Gasteiger partial charge on any atom is -0.363 e. The number of primary amides is 1. The number of Topliss-reactive ketones (excluding diaryl/α,β-unsaturated/α-hetero) is 1. The number of hydrogen-bond donors (Lipinski definition) is 4. The van der Waals surface area contributed by atoms with Crippen LogP contribution in [-0.4, -0.2) is 82.1 Å². The number of carbonyl (C=O) groups is 4. The number of rotatable bonds is 12. The third-order valence-electron chi connectivity index (χ3n) is 13.1. The van der Waals surface area contributed by atoms with Gasteiger partial charge in [-0.2, -0.15) is 0 Å². The molecular formula is C41H58N6O4. The van der Waals surface area contributed by atoms with Gasteiger partial charge in [-0.25, -0.2) is 0 Å². The summed E-state index contributed by atoms with van der Waals surface area (Å²) in [6.45, 7) is 16.5. The van der Waals surface area contributed by atoms with E-state index in [0.29, 0.717) is 19.4 Å². The van der Waals surface area contributed by atoms with Crippen molar-refractivity contribution in [3.05, 3.63) is 71.8 Å². The highest BCUT2D eigenvalue weighted by Gasteiger charge is 2.87. The van der Waals surface area contributed by atoms with Crippen molar-refractivity contribution >= 4 is 23.5 Å². The molecule has 3 amide bonds. The average Bonchev–Trinajstić information content (AvgIpc) is 3.25. The smallest absolute Gasteiger partial charge is 0.287 e. The van der Waals surface area contributed by atoms with Crippen molar-refractivity contribution in [2.75, 3.05) is 19.6 Å². The molecule has 2 saturated heterocycles. The van der Waals surface area contributed by atoms with Gasteiger partial charge in [0.1, 0.15) is 12.1 Å². The quantitative estimate of drug-likeness (QED) is 0.246. The number of nitrogens with one attached hydrogen (secondary N) is 2. The number of amides is 3. The number of benzene rings is 2. The Morgan fingerprint density at radius 1 is 0.863 bits per heavy atom. The van der Waals surface area contributed by atoms with E-state index in [1.54, 1.807) is 4.90 Å². The first-order valence-corrected chi connectivity index (χ1v) is 18.7. The van der Waals surface area contributed by atoms with E-state index in [9.17, 15) is 19.2 Å². The molecule has 10 heteroatoms. The van der Waals surface area contributed by atoms with Crippen molar-refractivity contribution in [2.45, 2.75) is 116 Å². The van der Waals surface area contributed by atoms with Gasteiger partial charge in [0.05, 0.1) is 12.1 Å². The van der Waals surface area contributed by atoms with Crippen LogP contribution in [-0.2, 0) is 19.2 Å². The molecule has 2 spiro atoms. The first-order chi connectivity index (χ1) is 23.8. The third-order valence-corrected chi connectivity index (χ3v) is 13.1. The maximum Gasteiger partial charge on any atom is 0.287 e. The van der Waals surface area contributed by atoms with Gasteiger partial charge in [0, 0.05) is 41.5 Å². The second-order valence-corrected chi connectivity index (χ2v) is 18.0. The van der Waals surface area contributed by atoms with Crippen LogP contribution in [0.4, 0.5) is 0 Å². The van der Waals surface area contributed by atoms with Gasteiger partial charge < -0.3 is 27.0 Å². The normalized spacial score (nSPS) is 25.3. The number of hydrogen-bond acceptors (Lipinski definition) is 7. The summed E-state index contributed by atoms with van der Waals surface area (Å²) >= 11 is 0. The molecule has 6 N–H and O–H groups in total. The van der Waals surface area contributed by atoms with Gasteiger partial charge in [0.2, 0.25) is 17.6 Å². The maximum atomic E-state index is 14.6. The summed E-state index contributed by atoms with van der Waals surface area (Å²) in [6, 6.07) is 18.4. The Kier molecular flexibility index (Phi) is 9.56. The molecule has 6 rings (SSSR count). The van der Waals surface area contributed by atoms with E-state index in [2.05, 4.69) is 77.9 Å². The van der Waals surface area contributed by atoms with E-state index in [0.717, 1.165) is 32.4 Å². The lowest BCUT2D eigenvalue weighted by molar-refractivity contribution is -0.143. The van der Waals surface area contributed by atoms with E-state index in [-0.39, 0.29) is 39.7 Å². The second-order valence-electron chi connectivity index (χ2n) is 18.0. The van der Waals surface area contributed by atoms with E-state index >= 15 is 0 Å². The van der Waals surface area contributed by atoms with E-state index in [1.807, 2.05) is 46.8 Å². The number of nitrogens with zero attached hydrogens (tertiary/aromatic N) is 2. The van der Waals surface area contributed by atoms with Crippen LogP contribution in [0.25, 0.3) is 0 Å². The first kappa shape index (κ1) is 37.2. The lowest BCUT2D eigenvalue weighted by Gasteiger charge is -2.48. The molecule has 2 aromatic rings. The zero-order valence-corrected chi connectivity index (χ0v) is 31.5. The van der Waals surface area contributed by atoms with Crippen LogP contribution in [0.15, 0.2) is 60.7 Å². The molecule has 2 aromatic carbocycles. The number of ketones is 1. The van der Waals surface area contributed by atoms with Crippen LogP contribution in [0, 0.1) is 22.2 Å². The van der Waals surface area contributed by atoms with Crippen LogP contribution in [0.5, 0.6) is 0 Å². The molecule has 276 valence electrons. The highest BCUT2D eigenvalue weighted by atomic mass is 16.2. The lowest BCUT2D eigenvalue weighted by atomic mass is 9.80. The summed E-state index contributed by atoms with van der Waals surface area (Å²) in [4.78, 5) is 58.2. The first-order valence-electron chi connectivity index (χ1n) is 18.7. The number of nitrogens with two attached hydrogens (primary N) is 2. The van der Waals surface area contributed by atoms with Crippen LogP contribution >= 0.6 is 0 Å². The van der Waals surface area contributed by atoms with Crippen molar-refractivity contribution in [3.8, 4) is 0 Å².